The molecule has 0 bridgehead atoms. The minimum absolute atomic E-state index is 0.00534. The Balaban J connectivity index is 1.87. The van der Waals surface area contributed by atoms with E-state index in [-0.39, 0.29) is 17.5 Å². The van der Waals surface area contributed by atoms with E-state index < -0.39 is 0 Å². The van der Waals surface area contributed by atoms with E-state index in [1.165, 1.54) is 0 Å². The van der Waals surface area contributed by atoms with Crippen molar-refractivity contribution in [1.29, 1.82) is 0 Å². The van der Waals surface area contributed by atoms with Gasteiger partial charge in [-0.25, -0.2) is 4.98 Å². The van der Waals surface area contributed by atoms with E-state index >= 15 is 0 Å². The number of hydrogen-bond donors (Lipinski definition) is 3. The van der Waals surface area contributed by atoms with Crippen molar-refractivity contribution in [3.8, 4) is 0 Å². The third-order valence-electron chi connectivity index (χ3n) is 3.88. The number of carbonyl (C=O) groups is 1. The van der Waals surface area contributed by atoms with Crippen molar-refractivity contribution in [2.45, 2.75) is 45.6 Å². The number of benzene rings is 1. The number of H-pyrrole nitrogens is 1. The lowest BCUT2D eigenvalue weighted by molar-refractivity contribution is -0.121. The molecule has 1 amide bonds. The highest BCUT2D eigenvalue weighted by atomic mass is 16.1. The molecule has 1 aromatic heterocycles. The number of carbonyl (C=O) groups excluding carboxylic acids is 1. The zero-order chi connectivity index (χ0) is 17.5. The highest BCUT2D eigenvalue weighted by molar-refractivity contribution is 5.77. The molecule has 0 fully saturated rings. The summed E-state index contributed by atoms with van der Waals surface area (Å²) in [5.41, 5.74) is 6.24. The zero-order valence-electron chi connectivity index (χ0n) is 14.3. The number of fused-ring (bicyclic) bond motifs is 1. The Morgan fingerprint density at radius 3 is 2.79 bits per heavy atom. The molecule has 0 radical (unpaired) electrons. The second-order valence-electron chi connectivity index (χ2n) is 6.51. The molecule has 1 atom stereocenters. The van der Waals surface area contributed by atoms with E-state index in [0.717, 1.165) is 6.42 Å². The summed E-state index contributed by atoms with van der Waals surface area (Å²) in [4.78, 5) is 31.2. The number of nitrogens with zero attached hydrogens (tertiary/aromatic N) is 1. The molecule has 1 aromatic carbocycles. The van der Waals surface area contributed by atoms with Crippen LogP contribution in [0.4, 0.5) is 0 Å². The molecular formula is C18H26N4O2. The normalized spacial score (nSPS) is 12.5. The van der Waals surface area contributed by atoms with Crippen molar-refractivity contribution in [3.63, 3.8) is 0 Å². The fourth-order valence-corrected chi connectivity index (χ4v) is 2.75. The number of hydrogen-bond acceptors (Lipinski definition) is 4. The number of amides is 1. The van der Waals surface area contributed by atoms with Crippen LogP contribution in [-0.2, 0) is 11.2 Å². The summed E-state index contributed by atoms with van der Waals surface area (Å²) < 4.78 is 0. The Morgan fingerprint density at radius 2 is 2.08 bits per heavy atom. The Bertz CT molecular complexity index is 739. The summed E-state index contributed by atoms with van der Waals surface area (Å²) in [6, 6.07) is 7.26. The van der Waals surface area contributed by atoms with Crippen LogP contribution in [0.25, 0.3) is 10.9 Å². The van der Waals surface area contributed by atoms with Gasteiger partial charge < -0.3 is 16.0 Å². The summed E-state index contributed by atoms with van der Waals surface area (Å²) in [6.45, 7) is 4.66. The number of aromatic nitrogens is 2. The summed E-state index contributed by atoms with van der Waals surface area (Å²) in [5, 5.41) is 3.55. The number of aryl methyl sites for hydroxylation is 1. The smallest absolute Gasteiger partial charge is 0.258 e. The fraction of sp³-hybridized carbons (Fsp3) is 0.500. The molecule has 24 heavy (non-hydrogen) atoms. The molecule has 6 nitrogen and oxygen atoms in total. The summed E-state index contributed by atoms with van der Waals surface area (Å²) in [7, 11) is 0. The number of nitrogens with one attached hydrogen (secondary N) is 2. The van der Waals surface area contributed by atoms with Gasteiger partial charge in [-0.3, -0.25) is 9.59 Å². The van der Waals surface area contributed by atoms with Gasteiger partial charge in [0.05, 0.1) is 10.9 Å². The van der Waals surface area contributed by atoms with Gasteiger partial charge in [0.15, 0.2) is 0 Å². The van der Waals surface area contributed by atoms with Crippen molar-refractivity contribution in [2.75, 3.05) is 6.54 Å². The third kappa shape index (κ3) is 5.16. The van der Waals surface area contributed by atoms with Crippen molar-refractivity contribution >= 4 is 16.8 Å². The minimum atomic E-state index is -0.139. The molecule has 4 N–H and O–H groups in total. The summed E-state index contributed by atoms with van der Waals surface area (Å²) in [6.07, 6.45) is 2.46. The van der Waals surface area contributed by atoms with E-state index in [1.807, 2.05) is 18.2 Å². The first-order valence-electron chi connectivity index (χ1n) is 8.47. The molecule has 0 saturated heterocycles. The van der Waals surface area contributed by atoms with E-state index in [9.17, 15) is 9.59 Å². The SMILES string of the molecule is CC(C)CC(CN)NC(=O)CCCc1nc2ccccc2c(=O)[nH]1. The van der Waals surface area contributed by atoms with Crippen LogP contribution in [-0.4, -0.2) is 28.5 Å². The molecule has 130 valence electrons. The van der Waals surface area contributed by atoms with Crippen molar-refractivity contribution in [3.05, 3.63) is 40.4 Å². The molecule has 0 saturated carbocycles. The van der Waals surface area contributed by atoms with Gasteiger partial charge in [-0.05, 0) is 30.9 Å². The van der Waals surface area contributed by atoms with Crippen molar-refractivity contribution in [2.24, 2.45) is 11.7 Å². The lowest BCUT2D eigenvalue weighted by Gasteiger charge is -2.18. The highest BCUT2D eigenvalue weighted by Gasteiger charge is 2.12. The number of nitrogens with two attached hydrogens (primary N) is 1. The first kappa shape index (κ1) is 18.1. The van der Waals surface area contributed by atoms with Gasteiger partial charge in [0.2, 0.25) is 5.91 Å². The molecule has 2 rings (SSSR count). The average Bonchev–Trinajstić information content (AvgIpc) is 2.54. The highest BCUT2D eigenvalue weighted by Crippen LogP contribution is 2.08. The maximum absolute atomic E-state index is 12.0. The number of aromatic amines is 1. The Labute approximate surface area is 141 Å². The standard InChI is InChI=1S/C18H26N4O2/c1-12(2)10-13(11-19)20-17(23)9-5-8-16-21-15-7-4-3-6-14(15)18(24)22-16/h3-4,6-7,12-13H,5,8-11,19H2,1-2H3,(H,20,23)(H,21,22,24). The van der Waals surface area contributed by atoms with Gasteiger partial charge in [0.1, 0.15) is 5.82 Å². The van der Waals surface area contributed by atoms with Gasteiger partial charge in [-0.1, -0.05) is 26.0 Å². The summed E-state index contributed by atoms with van der Waals surface area (Å²) in [5.74, 6) is 1.10. The first-order valence-corrected chi connectivity index (χ1v) is 8.47. The van der Waals surface area contributed by atoms with Crippen LogP contribution in [0.1, 0.15) is 38.9 Å². The molecule has 0 aliphatic carbocycles. The maximum atomic E-state index is 12.0. The van der Waals surface area contributed by atoms with Crippen LogP contribution in [0.3, 0.4) is 0 Å². The Kier molecular flexibility index (Phi) is 6.49. The van der Waals surface area contributed by atoms with E-state index in [0.29, 0.717) is 48.5 Å². The van der Waals surface area contributed by atoms with Gasteiger partial charge in [0, 0.05) is 25.4 Å². The molecule has 0 spiro atoms. The van der Waals surface area contributed by atoms with Crippen LogP contribution in [0.2, 0.25) is 0 Å². The average molecular weight is 330 g/mol. The predicted octanol–water partition coefficient (Wildman–Crippen LogP) is 1.74. The van der Waals surface area contributed by atoms with Gasteiger partial charge in [-0.15, -0.1) is 0 Å². The second-order valence-corrected chi connectivity index (χ2v) is 6.51. The maximum Gasteiger partial charge on any atom is 0.258 e. The molecule has 0 aliphatic rings. The first-order chi connectivity index (χ1) is 11.5. The molecule has 1 unspecified atom stereocenters. The largest absolute Gasteiger partial charge is 0.352 e. The van der Waals surface area contributed by atoms with E-state index in [2.05, 4.69) is 29.1 Å². The van der Waals surface area contributed by atoms with Gasteiger partial charge >= 0.3 is 0 Å². The topological polar surface area (TPSA) is 101 Å². The lowest BCUT2D eigenvalue weighted by Crippen LogP contribution is -2.41. The van der Waals surface area contributed by atoms with Crippen LogP contribution in [0.15, 0.2) is 29.1 Å². The Morgan fingerprint density at radius 1 is 1.33 bits per heavy atom. The van der Waals surface area contributed by atoms with Crippen LogP contribution < -0.4 is 16.6 Å². The van der Waals surface area contributed by atoms with Gasteiger partial charge in [0.25, 0.3) is 5.56 Å². The molecule has 1 heterocycles. The predicted molar refractivity (Wildman–Crippen MR) is 95.7 cm³/mol. The lowest BCUT2D eigenvalue weighted by atomic mass is 10.0. The molecule has 6 heteroatoms. The van der Waals surface area contributed by atoms with Crippen LogP contribution >= 0.6 is 0 Å². The molecule has 2 aromatic rings. The van der Waals surface area contributed by atoms with E-state index in [1.54, 1.807) is 6.07 Å². The molecule has 0 aliphatic heterocycles. The van der Waals surface area contributed by atoms with Crippen molar-refractivity contribution in [1.82, 2.24) is 15.3 Å². The minimum Gasteiger partial charge on any atom is -0.352 e. The van der Waals surface area contributed by atoms with Crippen LogP contribution in [0, 0.1) is 5.92 Å². The number of rotatable bonds is 8. The monoisotopic (exact) mass is 330 g/mol. The zero-order valence-corrected chi connectivity index (χ0v) is 14.3. The van der Waals surface area contributed by atoms with Gasteiger partial charge in [-0.2, -0.15) is 0 Å². The van der Waals surface area contributed by atoms with Crippen LogP contribution in [0.5, 0.6) is 0 Å². The quantitative estimate of drug-likeness (QED) is 0.686. The second kappa shape index (κ2) is 8.59. The number of para-hydroxylation sites is 1. The Hall–Kier alpha value is -2.21. The van der Waals surface area contributed by atoms with E-state index in [4.69, 9.17) is 5.73 Å². The van der Waals surface area contributed by atoms with Crippen molar-refractivity contribution < 1.29 is 4.79 Å². The molecular weight excluding hydrogens is 304 g/mol. The fourth-order valence-electron chi connectivity index (χ4n) is 2.75. The third-order valence-corrected chi connectivity index (χ3v) is 3.88. The summed E-state index contributed by atoms with van der Waals surface area (Å²) >= 11 is 0.